The zero-order chi connectivity index (χ0) is 18.2. The maximum absolute atomic E-state index is 12.9. The first-order chi connectivity index (χ1) is 11.6. The highest BCUT2D eigenvalue weighted by molar-refractivity contribution is 5.95. The molecule has 0 N–H and O–H groups in total. The lowest BCUT2D eigenvalue weighted by Crippen LogP contribution is -2.13. The van der Waals surface area contributed by atoms with Gasteiger partial charge in [0.15, 0.2) is 0 Å². The molecule has 1 aliphatic heterocycles. The molecule has 2 aromatic rings. The summed E-state index contributed by atoms with van der Waals surface area (Å²) < 4.78 is 82.9. The van der Waals surface area contributed by atoms with Gasteiger partial charge in [-0.1, -0.05) is 18.2 Å². The van der Waals surface area contributed by atoms with Crippen LogP contribution in [0, 0.1) is 0 Å². The van der Waals surface area contributed by atoms with Crippen molar-refractivity contribution >= 4 is 5.90 Å². The zero-order valence-electron chi connectivity index (χ0n) is 12.5. The third-order valence-corrected chi connectivity index (χ3v) is 3.67. The van der Waals surface area contributed by atoms with Crippen molar-refractivity contribution in [3.8, 4) is 0 Å². The lowest BCUT2D eigenvalue weighted by atomic mass is 10.0. The Morgan fingerprint density at radius 2 is 1.40 bits per heavy atom. The van der Waals surface area contributed by atoms with Crippen molar-refractivity contribution in [3.05, 3.63) is 70.8 Å². The predicted octanol–water partition coefficient (Wildman–Crippen LogP) is 5.24. The van der Waals surface area contributed by atoms with Gasteiger partial charge in [0.1, 0.15) is 12.6 Å². The molecule has 0 aliphatic carbocycles. The van der Waals surface area contributed by atoms with Crippen molar-refractivity contribution in [2.75, 3.05) is 6.61 Å². The molecule has 0 amide bonds. The number of halogens is 6. The number of benzene rings is 2. The van der Waals surface area contributed by atoms with Gasteiger partial charge >= 0.3 is 12.4 Å². The monoisotopic (exact) mass is 359 g/mol. The number of aliphatic imine (C=N–C) groups is 1. The molecule has 3 rings (SSSR count). The van der Waals surface area contributed by atoms with Crippen LogP contribution in [0.3, 0.4) is 0 Å². The van der Waals surface area contributed by atoms with Gasteiger partial charge in [-0.05, 0) is 35.9 Å². The van der Waals surface area contributed by atoms with E-state index in [2.05, 4.69) is 4.99 Å². The van der Waals surface area contributed by atoms with E-state index in [9.17, 15) is 26.3 Å². The van der Waals surface area contributed by atoms with E-state index in [1.165, 1.54) is 0 Å². The van der Waals surface area contributed by atoms with Gasteiger partial charge in [-0.15, -0.1) is 0 Å². The maximum Gasteiger partial charge on any atom is 0.416 e. The number of alkyl halides is 6. The Kier molecular flexibility index (Phi) is 4.22. The summed E-state index contributed by atoms with van der Waals surface area (Å²) in [4.78, 5) is 4.13. The van der Waals surface area contributed by atoms with E-state index in [0.717, 1.165) is 0 Å². The van der Waals surface area contributed by atoms with Crippen LogP contribution in [0.4, 0.5) is 26.3 Å². The number of nitrogens with zero attached hydrogens (tertiary/aromatic N) is 1. The van der Waals surface area contributed by atoms with Crippen LogP contribution in [0.5, 0.6) is 0 Å². The SMILES string of the molecule is FC(F)(F)c1cc([C@@H]2COC(c3ccccc3)=N2)cc(C(F)(F)F)c1. The quantitative estimate of drug-likeness (QED) is 0.672. The molecule has 132 valence electrons. The highest BCUT2D eigenvalue weighted by atomic mass is 19.4. The molecule has 1 aliphatic rings. The van der Waals surface area contributed by atoms with E-state index < -0.39 is 29.5 Å². The van der Waals surface area contributed by atoms with Crippen LogP contribution in [-0.4, -0.2) is 12.5 Å². The van der Waals surface area contributed by atoms with Gasteiger partial charge in [0.2, 0.25) is 5.90 Å². The third kappa shape index (κ3) is 3.78. The smallest absolute Gasteiger partial charge is 0.416 e. The highest BCUT2D eigenvalue weighted by Crippen LogP contribution is 2.38. The molecule has 0 fully saturated rings. The van der Waals surface area contributed by atoms with E-state index in [1.54, 1.807) is 30.3 Å². The van der Waals surface area contributed by atoms with Gasteiger partial charge in [-0.3, -0.25) is 0 Å². The molecule has 0 spiro atoms. The van der Waals surface area contributed by atoms with Crippen LogP contribution in [0.25, 0.3) is 0 Å². The normalized spacial score (nSPS) is 18.0. The summed E-state index contributed by atoms with van der Waals surface area (Å²) in [5, 5.41) is 0. The Balaban J connectivity index is 2.01. The number of ether oxygens (including phenoxy) is 1. The summed E-state index contributed by atoms with van der Waals surface area (Å²) in [6, 6.07) is 9.12. The van der Waals surface area contributed by atoms with Gasteiger partial charge in [-0.25, -0.2) is 4.99 Å². The van der Waals surface area contributed by atoms with Crippen molar-refractivity contribution in [1.29, 1.82) is 0 Å². The fraction of sp³-hybridized carbons (Fsp3) is 0.235. The second-order valence-electron chi connectivity index (χ2n) is 5.47. The number of rotatable bonds is 2. The van der Waals surface area contributed by atoms with E-state index >= 15 is 0 Å². The van der Waals surface area contributed by atoms with Crippen molar-refractivity contribution < 1.29 is 31.1 Å². The van der Waals surface area contributed by atoms with Gasteiger partial charge in [0.05, 0.1) is 11.1 Å². The summed E-state index contributed by atoms with van der Waals surface area (Å²) in [6.45, 7) is -0.122. The molecule has 25 heavy (non-hydrogen) atoms. The molecule has 0 bridgehead atoms. The Bertz CT molecular complexity index is 763. The Hall–Kier alpha value is -2.51. The van der Waals surface area contributed by atoms with Crippen LogP contribution >= 0.6 is 0 Å². The molecule has 8 heteroatoms. The van der Waals surface area contributed by atoms with Crippen molar-refractivity contribution in [2.45, 2.75) is 18.4 Å². The highest BCUT2D eigenvalue weighted by Gasteiger charge is 2.38. The van der Waals surface area contributed by atoms with Crippen LogP contribution < -0.4 is 0 Å². The molecule has 1 atom stereocenters. The van der Waals surface area contributed by atoms with Crippen LogP contribution in [0.15, 0.2) is 53.5 Å². The average molecular weight is 359 g/mol. The van der Waals surface area contributed by atoms with Crippen LogP contribution in [-0.2, 0) is 17.1 Å². The molecule has 1 heterocycles. The van der Waals surface area contributed by atoms with Crippen molar-refractivity contribution in [1.82, 2.24) is 0 Å². The maximum atomic E-state index is 12.9. The van der Waals surface area contributed by atoms with E-state index in [0.29, 0.717) is 17.7 Å². The van der Waals surface area contributed by atoms with Gasteiger partial charge < -0.3 is 4.74 Å². The molecule has 0 saturated carbocycles. The number of hydrogen-bond acceptors (Lipinski definition) is 2. The standard InChI is InChI=1S/C17H11F6NO/c18-16(19,20)12-6-11(7-13(8-12)17(21,22)23)14-9-25-15(24-14)10-4-2-1-3-5-10/h1-8,14H,9H2/t14-/m0/s1. The van der Waals surface area contributed by atoms with Crippen LogP contribution in [0.1, 0.15) is 28.3 Å². The second kappa shape index (κ2) is 6.09. The predicted molar refractivity (Wildman–Crippen MR) is 78.1 cm³/mol. The van der Waals surface area contributed by atoms with Crippen molar-refractivity contribution in [3.63, 3.8) is 0 Å². The number of hydrogen-bond donors (Lipinski definition) is 0. The summed E-state index contributed by atoms with van der Waals surface area (Å²) in [5.41, 5.74) is -2.30. The van der Waals surface area contributed by atoms with Crippen LogP contribution in [0.2, 0.25) is 0 Å². The molecular weight excluding hydrogens is 348 g/mol. The summed E-state index contributed by atoms with van der Waals surface area (Å²) in [5.74, 6) is 0.191. The first-order valence-electron chi connectivity index (χ1n) is 7.20. The van der Waals surface area contributed by atoms with Gasteiger partial charge in [0, 0.05) is 5.56 Å². The Morgan fingerprint density at radius 3 is 1.92 bits per heavy atom. The molecule has 0 unspecified atom stereocenters. The fourth-order valence-electron chi connectivity index (χ4n) is 2.45. The second-order valence-corrected chi connectivity index (χ2v) is 5.47. The minimum atomic E-state index is -4.89. The van der Waals surface area contributed by atoms with Gasteiger partial charge in [-0.2, -0.15) is 26.3 Å². The molecule has 0 saturated heterocycles. The molecule has 0 aromatic heterocycles. The minimum absolute atomic E-state index is 0.0983. The topological polar surface area (TPSA) is 21.6 Å². The van der Waals surface area contributed by atoms with E-state index in [4.69, 9.17) is 4.74 Å². The molecule has 2 aromatic carbocycles. The first-order valence-corrected chi connectivity index (χ1v) is 7.20. The zero-order valence-corrected chi connectivity index (χ0v) is 12.5. The summed E-state index contributed by atoms with van der Waals surface area (Å²) in [6.07, 6.45) is -9.77. The largest absolute Gasteiger partial charge is 0.475 e. The Morgan fingerprint density at radius 1 is 0.840 bits per heavy atom. The summed E-state index contributed by atoms with van der Waals surface area (Å²) in [7, 11) is 0. The molecule has 0 radical (unpaired) electrons. The minimum Gasteiger partial charge on any atom is -0.475 e. The van der Waals surface area contributed by atoms with Crippen molar-refractivity contribution in [2.24, 2.45) is 4.99 Å². The lowest BCUT2D eigenvalue weighted by molar-refractivity contribution is -0.143. The fourth-order valence-corrected chi connectivity index (χ4v) is 2.45. The summed E-state index contributed by atoms with van der Waals surface area (Å²) >= 11 is 0. The molecule has 2 nitrogen and oxygen atoms in total. The first kappa shape index (κ1) is 17.3. The van der Waals surface area contributed by atoms with E-state index in [-0.39, 0.29) is 24.1 Å². The Labute approximate surface area is 138 Å². The van der Waals surface area contributed by atoms with E-state index in [1.807, 2.05) is 0 Å². The van der Waals surface area contributed by atoms with Gasteiger partial charge in [0.25, 0.3) is 0 Å². The lowest BCUT2D eigenvalue weighted by Gasteiger charge is -2.15. The average Bonchev–Trinajstić information content (AvgIpc) is 3.04. The molecular formula is C17H11F6NO. The third-order valence-electron chi connectivity index (χ3n) is 3.67.